The number of amides is 3. The Balaban J connectivity index is 1.78. The molecular weight excluding hydrogens is 380 g/mol. The Morgan fingerprint density at radius 3 is 2.66 bits per heavy atom. The molecule has 0 saturated carbocycles. The molecule has 1 unspecified atom stereocenters. The molecule has 2 N–H and O–H groups in total. The van der Waals surface area contributed by atoms with Gasteiger partial charge < -0.3 is 15.4 Å². The predicted octanol–water partition coefficient (Wildman–Crippen LogP) is 4.01. The number of urea groups is 1. The maximum atomic E-state index is 12.8. The number of rotatable bonds is 7. The van der Waals surface area contributed by atoms with Gasteiger partial charge in [0.25, 0.3) is 5.91 Å². The molecule has 1 aliphatic heterocycles. The van der Waals surface area contributed by atoms with E-state index in [0.717, 1.165) is 11.3 Å². The van der Waals surface area contributed by atoms with E-state index in [0.29, 0.717) is 30.6 Å². The molecule has 1 heterocycles. The van der Waals surface area contributed by atoms with Gasteiger partial charge in [0.05, 0.1) is 6.04 Å². The normalized spacial score (nSPS) is 14.7. The van der Waals surface area contributed by atoms with Gasteiger partial charge >= 0.3 is 12.6 Å². The summed E-state index contributed by atoms with van der Waals surface area (Å²) in [6, 6.07) is 10.9. The summed E-state index contributed by atoms with van der Waals surface area (Å²) in [4.78, 5) is 26.3. The van der Waals surface area contributed by atoms with Gasteiger partial charge in [-0.3, -0.25) is 9.69 Å². The van der Waals surface area contributed by atoms with Crippen molar-refractivity contribution in [3.63, 3.8) is 0 Å². The molecule has 1 aliphatic rings. The smallest absolute Gasteiger partial charge is 0.387 e. The fourth-order valence-corrected chi connectivity index (χ4v) is 3.41. The summed E-state index contributed by atoms with van der Waals surface area (Å²) in [6.07, 6.45) is 0.500. The van der Waals surface area contributed by atoms with Crippen molar-refractivity contribution in [3.05, 3.63) is 59.2 Å². The molecule has 0 radical (unpaired) electrons. The van der Waals surface area contributed by atoms with Crippen molar-refractivity contribution >= 4 is 17.6 Å². The van der Waals surface area contributed by atoms with Gasteiger partial charge in [-0.05, 0) is 43.2 Å². The maximum absolute atomic E-state index is 12.8. The summed E-state index contributed by atoms with van der Waals surface area (Å²) in [5.41, 5.74) is 2.46. The topological polar surface area (TPSA) is 70.7 Å². The lowest BCUT2D eigenvalue weighted by molar-refractivity contribution is -0.0506. The zero-order chi connectivity index (χ0) is 21.0. The monoisotopic (exact) mass is 403 g/mol. The lowest BCUT2D eigenvalue weighted by Gasteiger charge is -2.21. The minimum Gasteiger partial charge on any atom is -0.434 e. The Morgan fingerprint density at radius 2 is 2.03 bits per heavy atom. The highest BCUT2D eigenvalue weighted by molar-refractivity contribution is 5.98. The molecule has 0 bridgehead atoms. The van der Waals surface area contributed by atoms with Crippen LogP contribution in [-0.2, 0) is 0 Å². The van der Waals surface area contributed by atoms with E-state index in [4.69, 9.17) is 0 Å². The van der Waals surface area contributed by atoms with Gasteiger partial charge in [0.1, 0.15) is 5.75 Å². The molecule has 29 heavy (non-hydrogen) atoms. The van der Waals surface area contributed by atoms with Crippen LogP contribution in [0.5, 0.6) is 5.75 Å². The second kappa shape index (κ2) is 8.89. The number of ether oxygens (including phenoxy) is 1. The molecule has 1 atom stereocenters. The Bertz CT molecular complexity index is 904. The number of hydrogen-bond donors (Lipinski definition) is 2. The molecule has 1 saturated heterocycles. The Morgan fingerprint density at radius 1 is 1.28 bits per heavy atom. The SMILES string of the molecule is CCC(NC(=O)c1ccc(N2CCNC2=O)c(C)c1)c1ccccc1OC(F)F. The number of alkyl halides is 2. The van der Waals surface area contributed by atoms with Crippen LogP contribution in [0.2, 0.25) is 0 Å². The molecule has 154 valence electrons. The molecule has 1 fully saturated rings. The quantitative estimate of drug-likeness (QED) is 0.734. The number of carbonyl (C=O) groups is 2. The van der Waals surface area contributed by atoms with Crippen molar-refractivity contribution in [2.45, 2.75) is 32.9 Å². The van der Waals surface area contributed by atoms with Crippen LogP contribution in [-0.4, -0.2) is 31.6 Å². The van der Waals surface area contributed by atoms with Crippen LogP contribution in [0.4, 0.5) is 19.3 Å². The van der Waals surface area contributed by atoms with Gasteiger partial charge in [-0.2, -0.15) is 8.78 Å². The molecule has 0 aromatic heterocycles. The molecular formula is C21H23F2N3O3. The third-order valence-corrected chi connectivity index (χ3v) is 4.83. The van der Waals surface area contributed by atoms with Crippen LogP contribution >= 0.6 is 0 Å². The first kappa shape index (κ1) is 20.6. The molecule has 2 aromatic carbocycles. The fraction of sp³-hybridized carbons (Fsp3) is 0.333. The van der Waals surface area contributed by atoms with Crippen molar-refractivity contribution in [2.24, 2.45) is 0 Å². The van der Waals surface area contributed by atoms with Gasteiger partial charge in [-0.15, -0.1) is 0 Å². The number of aryl methyl sites for hydroxylation is 1. The van der Waals surface area contributed by atoms with Gasteiger partial charge in [-0.25, -0.2) is 4.79 Å². The Hall–Kier alpha value is -3.16. The lowest BCUT2D eigenvalue weighted by atomic mass is 10.0. The third-order valence-electron chi connectivity index (χ3n) is 4.83. The number of hydrogen-bond acceptors (Lipinski definition) is 3. The zero-order valence-electron chi connectivity index (χ0n) is 16.2. The van der Waals surface area contributed by atoms with Gasteiger partial charge in [0, 0.05) is 29.9 Å². The van der Waals surface area contributed by atoms with Gasteiger partial charge in [0.2, 0.25) is 0 Å². The lowest BCUT2D eigenvalue weighted by Crippen LogP contribution is -2.30. The number of anilines is 1. The number of nitrogens with one attached hydrogen (secondary N) is 2. The molecule has 6 nitrogen and oxygen atoms in total. The first-order chi connectivity index (χ1) is 13.9. The zero-order valence-corrected chi connectivity index (χ0v) is 16.2. The number of para-hydroxylation sites is 1. The predicted molar refractivity (Wildman–Crippen MR) is 105 cm³/mol. The third kappa shape index (κ3) is 4.64. The van der Waals surface area contributed by atoms with Crippen molar-refractivity contribution in [1.82, 2.24) is 10.6 Å². The molecule has 2 aromatic rings. The largest absolute Gasteiger partial charge is 0.434 e. The second-order valence-electron chi connectivity index (χ2n) is 6.74. The van der Waals surface area contributed by atoms with Crippen molar-refractivity contribution < 1.29 is 23.1 Å². The van der Waals surface area contributed by atoms with E-state index >= 15 is 0 Å². The van der Waals surface area contributed by atoms with Crippen LogP contribution in [0.15, 0.2) is 42.5 Å². The van der Waals surface area contributed by atoms with Crippen molar-refractivity contribution in [1.29, 1.82) is 0 Å². The average molecular weight is 403 g/mol. The highest BCUT2D eigenvalue weighted by atomic mass is 19.3. The minimum atomic E-state index is -2.94. The summed E-state index contributed by atoms with van der Waals surface area (Å²) >= 11 is 0. The van der Waals surface area contributed by atoms with Crippen LogP contribution < -0.4 is 20.3 Å². The summed E-state index contributed by atoms with van der Waals surface area (Å²) in [7, 11) is 0. The summed E-state index contributed by atoms with van der Waals surface area (Å²) in [5.74, 6) is -0.287. The van der Waals surface area contributed by atoms with E-state index < -0.39 is 12.7 Å². The molecule has 8 heteroatoms. The van der Waals surface area contributed by atoms with E-state index in [1.165, 1.54) is 6.07 Å². The number of halogens is 2. The number of carbonyl (C=O) groups excluding carboxylic acids is 2. The van der Waals surface area contributed by atoms with E-state index in [-0.39, 0.29) is 17.7 Å². The first-order valence-corrected chi connectivity index (χ1v) is 9.41. The minimum absolute atomic E-state index is 0.0428. The standard InChI is InChI=1S/C21H23F2N3O3/c1-3-16(15-6-4-5-7-18(15)29-20(22)23)25-19(27)14-8-9-17(13(2)12-14)26-11-10-24-21(26)28/h4-9,12,16,20H,3,10-11H2,1-2H3,(H,24,28)(H,25,27). The highest BCUT2D eigenvalue weighted by Crippen LogP contribution is 2.29. The number of benzene rings is 2. The van der Waals surface area contributed by atoms with Crippen molar-refractivity contribution in [2.75, 3.05) is 18.0 Å². The summed E-state index contributed by atoms with van der Waals surface area (Å²) in [5, 5.41) is 5.63. The van der Waals surface area contributed by atoms with E-state index in [2.05, 4.69) is 15.4 Å². The van der Waals surface area contributed by atoms with Crippen LogP contribution in [0.1, 0.15) is 40.9 Å². The van der Waals surface area contributed by atoms with E-state index in [1.54, 1.807) is 41.3 Å². The second-order valence-corrected chi connectivity index (χ2v) is 6.74. The fourth-order valence-electron chi connectivity index (χ4n) is 3.41. The van der Waals surface area contributed by atoms with E-state index in [9.17, 15) is 18.4 Å². The maximum Gasteiger partial charge on any atom is 0.387 e. The van der Waals surface area contributed by atoms with Crippen molar-refractivity contribution in [3.8, 4) is 5.75 Å². The number of nitrogens with zero attached hydrogens (tertiary/aromatic N) is 1. The Labute approximate surface area is 167 Å². The van der Waals surface area contributed by atoms with Crippen LogP contribution in [0, 0.1) is 6.92 Å². The summed E-state index contributed by atoms with van der Waals surface area (Å²) < 4.78 is 30.0. The highest BCUT2D eigenvalue weighted by Gasteiger charge is 2.24. The first-order valence-electron chi connectivity index (χ1n) is 9.41. The molecule has 0 spiro atoms. The molecule has 0 aliphatic carbocycles. The van der Waals surface area contributed by atoms with Gasteiger partial charge in [-0.1, -0.05) is 25.1 Å². The average Bonchev–Trinajstić information content (AvgIpc) is 3.11. The summed E-state index contributed by atoms with van der Waals surface area (Å²) in [6.45, 7) is 1.90. The van der Waals surface area contributed by atoms with Crippen LogP contribution in [0.3, 0.4) is 0 Å². The van der Waals surface area contributed by atoms with E-state index in [1.807, 2.05) is 13.8 Å². The van der Waals surface area contributed by atoms with Gasteiger partial charge in [0.15, 0.2) is 0 Å². The van der Waals surface area contributed by atoms with Crippen LogP contribution in [0.25, 0.3) is 0 Å². The Kier molecular flexibility index (Phi) is 6.31. The molecule has 3 amide bonds. The molecule has 3 rings (SSSR count).